The second-order valence-electron chi connectivity index (χ2n) is 7.89. The third-order valence-electron chi connectivity index (χ3n) is 6.12. The third-order valence-corrected chi connectivity index (χ3v) is 6.60. The van der Waals surface area contributed by atoms with Gasteiger partial charge in [-0.1, -0.05) is 41.2 Å². The van der Waals surface area contributed by atoms with Crippen LogP contribution in [0, 0.1) is 0 Å². The van der Waals surface area contributed by atoms with Gasteiger partial charge in [-0.15, -0.1) is 9.24 Å². The minimum Gasteiger partial charge on any atom is -0.388 e. The Kier molecular flexibility index (Phi) is 4.99. The summed E-state index contributed by atoms with van der Waals surface area (Å²) in [5.74, 6) is 0. The minimum atomic E-state index is -0.332. The summed E-state index contributed by atoms with van der Waals surface area (Å²) in [7, 11) is 2.83. The molecule has 4 heteroatoms. The highest BCUT2D eigenvalue weighted by Gasteiger charge is 2.37. The van der Waals surface area contributed by atoms with Gasteiger partial charge in [-0.2, -0.15) is 0 Å². The van der Waals surface area contributed by atoms with Crippen LogP contribution in [0.2, 0.25) is 0 Å². The van der Waals surface area contributed by atoms with Gasteiger partial charge in [-0.05, 0) is 44.6 Å². The Morgan fingerprint density at radius 1 is 1.12 bits per heavy atom. The third kappa shape index (κ3) is 3.84. The molecule has 1 aromatic carbocycles. The molecule has 4 rings (SSSR count). The van der Waals surface area contributed by atoms with Crippen LogP contribution in [0.3, 0.4) is 0 Å². The Morgan fingerprint density at radius 3 is 2.68 bits per heavy atom. The molecule has 1 fully saturated rings. The molecular weight excluding hydrogens is 327 g/mol. The summed E-state index contributed by atoms with van der Waals surface area (Å²) in [5.41, 5.74) is 3.91. The van der Waals surface area contributed by atoms with Crippen LogP contribution in [-0.4, -0.2) is 35.2 Å². The quantitative estimate of drug-likeness (QED) is 0.778. The van der Waals surface area contributed by atoms with Crippen molar-refractivity contribution in [3.8, 4) is 0 Å². The number of hydrogen-bond donors (Lipinski definition) is 2. The lowest BCUT2D eigenvalue weighted by molar-refractivity contribution is 0.137. The van der Waals surface area contributed by atoms with Crippen molar-refractivity contribution in [1.82, 2.24) is 4.90 Å². The van der Waals surface area contributed by atoms with Crippen LogP contribution in [0.15, 0.2) is 47.3 Å². The van der Waals surface area contributed by atoms with Gasteiger partial charge in [0.05, 0.1) is 6.10 Å². The lowest BCUT2D eigenvalue weighted by Crippen LogP contribution is -2.49. The number of hydrogen-bond acceptors (Lipinski definition) is 3. The zero-order valence-corrected chi connectivity index (χ0v) is 16.0. The van der Waals surface area contributed by atoms with E-state index in [9.17, 15) is 5.11 Å². The van der Waals surface area contributed by atoms with E-state index in [2.05, 4.69) is 49.8 Å². The number of rotatable bonds is 2. The van der Waals surface area contributed by atoms with Gasteiger partial charge in [0.1, 0.15) is 0 Å². The fourth-order valence-electron chi connectivity index (χ4n) is 4.45. The second-order valence-corrected chi connectivity index (χ2v) is 8.63. The van der Waals surface area contributed by atoms with Crippen molar-refractivity contribution in [3.05, 3.63) is 52.9 Å². The lowest BCUT2D eigenvalue weighted by Gasteiger charge is -2.43. The number of aliphatic hydroxyl groups excluding tert-OH is 1. The van der Waals surface area contributed by atoms with Crippen molar-refractivity contribution in [1.29, 1.82) is 0 Å². The van der Waals surface area contributed by atoms with Gasteiger partial charge in [0.15, 0.2) is 0 Å². The Bertz CT molecular complexity index is 689. The molecule has 3 aliphatic rings. The SMILES string of the molecule is OC1CCC2(CCN(CC3=CC=C(P)CC3)CC2)Nc2ccccc21. The molecule has 0 aromatic heterocycles. The summed E-state index contributed by atoms with van der Waals surface area (Å²) in [5, 5.41) is 15.7. The first-order valence-corrected chi connectivity index (χ1v) is 10.1. The van der Waals surface area contributed by atoms with E-state index in [-0.39, 0.29) is 11.6 Å². The van der Waals surface area contributed by atoms with Gasteiger partial charge in [0.2, 0.25) is 0 Å². The number of fused-ring (bicyclic) bond motifs is 1. The van der Waals surface area contributed by atoms with Gasteiger partial charge in [-0.25, -0.2) is 0 Å². The van der Waals surface area contributed by atoms with Crippen LogP contribution in [0.4, 0.5) is 5.69 Å². The maximum absolute atomic E-state index is 10.5. The highest BCUT2D eigenvalue weighted by Crippen LogP contribution is 2.40. The van der Waals surface area contributed by atoms with Crippen LogP contribution >= 0.6 is 9.24 Å². The minimum absolute atomic E-state index is 0.151. The van der Waals surface area contributed by atoms with Crippen LogP contribution in [0.1, 0.15) is 50.2 Å². The van der Waals surface area contributed by atoms with Crippen molar-refractivity contribution in [2.45, 2.75) is 50.2 Å². The number of allylic oxidation sites excluding steroid dienone is 3. The standard InChI is InChI=1S/C21H29N2OP/c24-20-9-10-21(22-19-4-2-1-3-18(19)20)11-13-23(14-12-21)15-16-5-7-17(25)8-6-16/h1-5,7,20,22,24H,6,8-15,25H2. The second kappa shape index (κ2) is 7.23. The highest BCUT2D eigenvalue weighted by atomic mass is 31.0. The number of benzene rings is 1. The number of aliphatic hydroxyl groups is 1. The molecule has 2 N–H and O–H groups in total. The monoisotopic (exact) mass is 356 g/mol. The molecule has 0 bridgehead atoms. The number of piperidine rings is 1. The van der Waals surface area contributed by atoms with E-state index >= 15 is 0 Å². The molecule has 0 amide bonds. The Hall–Kier alpha value is -1.15. The summed E-state index contributed by atoms with van der Waals surface area (Å²) in [6.07, 6.45) is 10.8. The van der Waals surface area contributed by atoms with E-state index in [1.54, 1.807) is 5.57 Å². The van der Waals surface area contributed by atoms with E-state index in [0.29, 0.717) is 0 Å². The number of para-hydroxylation sites is 1. The van der Waals surface area contributed by atoms with E-state index in [0.717, 1.165) is 56.6 Å². The van der Waals surface area contributed by atoms with Crippen molar-refractivity contribution < 1.29 is 5.11 Å². The fraction of sp³-hybridized carbons (Fsp3) is 0.524. The molecule has 2 atom stereocenters. The van der Waals surface area contributed by atoms with E-state index in [1.807, 2.05) is 6.07 Å². The molecule has 25 heavy (non-hydrogen) atoms. The van der Waals surface area contributed by atoms with Gasteiger partial charge in [0, 0.05) is 36.4 Å². The Labute approximate surface area is 153 Å². The lowest BCUT2D eigenvalue weighted by atomic mass is 9.83. The zero-order valence-electron chi connectivity index (χ0n) is 14.9. The van der Waals surface area contributed by atoms with Gasteiger partial charge in [0.25, 0.3) is 0 Å². The molecule has 1 aliphatic carbocycles. The summed E-state index contributed by atoms with van der Waals surface area (Å²) >= 11 is 0. The molecule has 2 aliphatic heterocycles. The van der Waals surface area contributed by atoms with Crippen LogP contribution in [-0.2, 0) is 0 Å². The number of likely N-dealkylation sites (tertiary alicyclic amines) is 1. The molecule has 0 radical (unpaired) electrons. The molecule has 1 saturated heterocycles. The molecule has 2 heterocycles. The first kappa shape index (κ1) is 17.3. The number of anilines is 1. The smallest absolute Gasteiger partial charge is 0.0810 e. The average Bonchev–Trinajstić information content (AvgIpc) is 2.77. The predicted octanol–water partition coefficient (Wildman–Crippen LogP) is 4.24. The topological polar surface area (TPSA) is 35.5 Å². The fourth-order valence-corrected chi connectivity index (χ4v) is 4.69. The maximum Gasteiger partial charge on any atom is 0.0810 e. The zero-order chi connectivity index (χ0) is 17.3. The molecule has 1 spiro atoms. The van der Waals surface area contributed by atoms with E-state index in [1.165, 1.54) is 18.2 Å². The predicted molar refractivity (Wildman–Crippen MR) is 108 cm³/mol. The summed E-state index contributed by atoms with van der Waals surface area (Å²) in [6.45, 7) is 3.39. The van der Waals surface area contributed by atoms with Gasteiger partial charge in [-0.3, -0.25) is 4.90 Å². The maximum atomic E-state index is 10.5. The summed E-state index contributed by atoms with van der Waals surface area (Å²) in [4.78, 5) is 2.60. The highest BCUT2D eigenvalue weighted by molar-refractivity contribution is 7.22. The summed E-state index contributed by atoms with van der Waals surface area (Å²) < 4.78 is 0. The molecule has 2 unspecified atom stereocenters. The van der Waals surface area contributed by atoms with Crippen LogP contribution in [0.25, 0.3) is 0 Å². The van der Waals surface area contributed by atoms with Crippen LogP contribution < -0.4 is 5.32 Å². The van der Waals surface area contributed by atoms with Gasteiger partial charge < -0.3 is 10.4 Å². The van der Waals surface area contributed by atoms with Crippen molar-refractivity contribution in [2.24, 2.45) is 0 Å². The number of nitrogens with one attached hydrogen (secondary N) is 1. The normalized spacial score (nSPS) is 26.2. The molecule has 3 nitrogen and oxygen atoms in total. The van der Waals surface area contributed by atoms with Crippen molar-refractivity contribution in [3.63, 3.8) is 0 Å². The average molecular weight is 356 g/mol. The first-order valence-electron chi connectivity index (χ1n) is 9.55. The molecular formula is C21H29N2OP. The first-order chi connectivity index (χ1) is 12.1. The molecule has 134 valence electrons. The summed E-state index contributed by atoms with van der Waals surface area (Å²) in [6, 6.07) is 8.27. The number of nitrogens with zero attached hydrogens (tertiary/aromatic N) is 1. The molecule has 1 aromatic rings. The Morgan fingerprint density at radius 2 is 1.92 bits per heavy atom. The largest absolute Gasteiger partial charge is 0.388 e. The van der Waals surface area contributed by atoms with Crippen molar-refractivity contribution in [2.75, 3.05) is 25.0 Å². The van der Waals surface area contributed by atoms with Crippen LogP contribution in [0.5, 0.6) is 0 Å². The van der Waals surface area contributed by atoms with E-state index in [4.69, 9.17) is 0 Å². The molecule has 0 saturated carbocycles. The van der Waals surface area contributed by atoms with Crippen molar-refractivity contribution >= 4 is 14.9 Å². The van der Waals surface area contributed by atoms with Gasteiger partial charge >= 0.3 is 0 Å². The Balaban J connectivity index is 1.41. The van der Waals surface area contributed by atoms with E-state index < -0.39 is 0 Å².